The van der Waals surface area contributed by atoms with Crippen LogP contribution in [0.5, 0.6) is 11.5 Å². The van der Waals surface area contributed by atoms with Crippen molar-refractivity contribution in [2.45, 2.75) is 26.7 Å². The van der Waals surface area contributed by atoms with E-state index in [0.29, 0.717) is 36.4 Å². The molecule has 0 aliphatic rings. The van der Waals surface area contributed by atoms with Crippen molar-refractivity contribution in [3.63, 3.8) is 0 Å². The minimum Gasteiger partial charge on any atom is -0.493 e. The van der Waals surface area contributed by atoms with E-state index in [1.54, 1.807) is 6.07 Å². The lowest BCUT2D eigenvalue weighted by Crippen LogP contribution is -2.26. The monoisotopic (exact) mass is 310 g/mol. The molecule has 7 heteroatoms. The van der Waals surface area contributed by atoms with E-state index in [2.05, 4.69) is 5.32 Å². The number of amides is 1. The highest BCUT2D eigenvalue weighted by molar-refractivity contribution is 5.76. The van der Waals surface area contributed by atoms with Gasteiger partial charge in [-0.05, 0) is 18.4 Å². The van der Waals surface area contributed by atoms with E-state index in [0.717, 1.165) is 0 Å². The number of nitrogens with one attached hydrogen (secondary N) is 1. The Bertz CT molecular complexity index is 543. The fraction of sp³-hybridized carbons (Fsp3) is 0.533. The normalized spacial score (nSPS) is 10.4. The molecule has 1 aromatic carbocycles. The summed E-state index contributed by atoms with van der Waals surface area (Å²) in [7, 11) is 2.89. The topological polar surface area (TPSA) is 90.7 Å². The fourth-order valence-corrected chi connectivity index (χ4v) is 2.06. The van der Waals surface area contributed by atoms with Crippen molar-refractivity contribution in [2.75, 3.05) is 20.8 Å². The van der Waals surface area contributed by atoms with Crippen LogP contribution in [0.2, 0.25) is 0 Å². The smallest absolute Gasteiger partial charge is 0.276 e. The summed E-state index contributed by atoms with van der Waals surface area (Å²) in [5.74, 6) is 0.951. The van der Waals surface area contributed by atoms with Crippen LogP contribution in [0.4, 0.5) is 5.69 Å². The molecule has 0 atom stereocenters. The van der Waals surface area contributed by atoms with Crippen LogP contribution < -0.4 is 14.8 Å². The molecule has 0 fully saturated rings. The van der Waals surface area contributed by atoms with E-state index in [4.69, 9.17) is 9.47 Å². The van der Waals surface area contributed by atoms with Gasteiger partial charge in [0.2, 0.25) is 5.91 Å². The van der Waals surface area contributed by atoms with Crippen molar-refractivity contribution < 1.29 is 19.2 Å². The van der Waals surface area contributed by atoms with E-state index in [9.17, 15) is 14.9 Å². The second-order valence-electron chi connectivity index (χ2n) is 5.29. The molecule has 1 rings (SSSR count). The molecule has 0 aliphatic carbocycles. The number of nitrogens with zero attached hydrogens (tertiary/aromatic N) is 1. The van der Waals surface area contributed by atoms with Crippen molar-refractivity contribution in [1.82, 2.24) is 5.32 Å². The van der Waals surface area contributed by atoms with Crippen molar-refractivity contribution in [3.8, 4) is 11.5 Å². The number of carbonyl (C=O) groups is 1. The maximum absolute atomic E-state index is 11.6. The molecule has 122 valence electrons. The Balaban J connectivity index is 2.84. The van der Waals surface area contributed by atoms with Crippen molar-refractivity contribution in [1.29, 1.82) is 0 Å². The Hall–Kier alpha value is -2.31. The van der Waals surface area contributed by atoms with E-state index in [1.165, 1.54) is 20.3 Å². The van der Waals surface area contributed by atoms with Gasteiger partial charge in [0.05, 0.1) is 25.2 Å². The minimum absolute atomic E-state index is 0.0456. The van der Waals surface area contributed by atoms with Gasteiger partial charge >= 0.3 is 0 Å². The molecule has 0 saturated carbocycles. The van der Waals surface area contributed by atoms with Crippen LogP contribution in [-0.2, 0) is 11.2 Å². The van der Waals surface area contributed by atoms with Gasteiger partial charge in [0.15, 0.2) is 11.5 Å². The Labute approximate surface area is 129 Å². The van der Waals surface area contributed by atoms with E-state index >= 15 is 0 Å². The first-order valence-corrected chi connectivity index (χ1v) is 7.05. The number of ether oxygens (including phenoxy) is 2. The van der Waals surface area contributed by atoms with Crippen LogP contribution in [-0.4, -0.2) is 31.6 Å². The molecule has 0 heterocycles. The SMILES string of the molecule is COc1cc(CCNC(=O)CC(C)C)c([N+](=O)[O-])cc1OC. The zero-order valence-corrected chi connectivity index (χ0v) is 13.3. The number of rotatable bonds is 8. The van der Waals surface area contributed by atoms with Crippen LogP contribution in [0.25, 0.3) is 0 Å². The fourth-order valence-electron chi connectivity index (χ4n) is 2.06. The lowest BCUT2D eigenvalue weighted by atomic mass is 10.1. The third-order valence-corrected chi connectivity index (χ3v) is 3.09. The van der Waals surface area contributed by atoms with Gasteiger partial charge in [0.25, 0.3) is 5.69 Å². The summed E-state index contributed by atoms with van der Waals surface area (Å²) in [5.41, 5.74) is 0.447. The molecular formula is C15H22N2O5. The Kier molecular flexibility index (Phi) is 6.62. The van der Waals surface area contributed by atoms with Gasteiger partial charge in [-0.3, -0.25) is 14.9 Å². The lowest BCUT2D eigenvalue weighted by molar-refractivity contribution is -0.385. The number of benzene rings is 1. The predicted octanol–water partition coefficient (Wildman–Crippen LogP) is 2.32. The van der Waals surface area contributed by atoms with E-state index in [1.807, 2.05) is 13.8 Å². The maximum atomic E-state index is 11.6. The molecule has 0 spiro atoms. The molecular weight excluding hydrogens is 288 g/mol. The minimum atomic E-state index is -0.465. The first-order valence-electron chi connectivity index (χ1n) is 7.05. The first-order chi connectivity index (χ1) is 10.4. The molecule has 22 heavy (non-hydrogen) atoms. The zero-order chi connectivity index (χ0) is 16.7. The van der Waals surface area contributed by atoms with E-state index < -0.39 is 4.92 Å². The lowest BCUT2D eigenvalue weighted by Gasteiger charge is -2.11. The highest BCUT2D eigenvalue weighted by Crippen LogP contribution is 2.34. The summed E-state index contributed by atoms with van der Waals surface area (Å²) < 4.78 is 10.2. The number of hydrogen-bond donors (Lipinski definition) is 1. The van der Waals surface area contributed by atoms with Gasteiger partial charge in [-0.1, -0.05) is 13.8 Å². The van der Waals surface area contributed by atoms with Crippen molar-refractivity contribution >= 4 is 11.6 Å². The zero-order valence-electron chi connectivity index (χ0n) is 13.3. The highest BCUT2D eigenvalue weighted by Gasteiger charge is 2.19. The molecule has 1 amide bonds. The third-order valence-electron chi connectivity index (χ3n) is 3.09. The molecule has 0 aromatic heterocycles. The van der Waals surface area contributed by atoms with Gasteiger partial charge in [0.1, 0.15) is 0 Å². The summed E-state index contributed by atoms with van der Waals surface area (Å²) in [4.78, 5) is 22.3. The van der Waals surface area contributed by atoms with Gasteiger partial charge in [-0.25, -0.2) is 0 Å². The second-order valence-corrected chi connectivity index (χ2v) is 5.29. The standard InChI is InChI=1S/C15H22N2O5/c1-10(2)7-15(18)16-6-5-11-8-13(21-3)14(22-4)9-12(11)17(19)20/h8-10H,5-7H2,1-4H3,(H,16,18). The van der Waals surface area contributed by atoms with Crippen LogP contribution in [0.1, 0.15) is 25.8 Å². The van der Waals surface area contributed by atoms with Crippen LogP contribution in [0.15, 0.2) is 12.1 Å². The van der Waals surface area contributed by atoms with Crippen LogP contribution >= 0.6 is 0 Å². The Morgan fingerprint density at radius 2 is 1.86 bits per heavy atom. The number of nitro benzene ring substituents is 1. The van der Waals surface area contributed by atoms with Gasteiger partial charge in [0, 0.05) is 18.5 Å². The van der Waals surface area contributed by atoms with Gasteiger partial charge in [-0.2, -0.15) is 0 Å². The van der Waals surface area contributed by atoms with Crippen molar-refractivity contribution in [2.24, 2.45) is 5.92 Å². The highest BCUT2D eigenvalue weighted by atomic mass is 16.6. The Morgan fingerprint density at radius 3 is 2.36 bits per heavy atom. The molecule has 1 aromatic rings. The second kappa shape index (κ2) is 8.21. The third kappa shape index (κ3) is 4.91. The molecule has 7 nitrogen and oxygen atoms in total. The average Bonchev–Trinajstić information content (AvgIpc) is 2.45. The molecule has 1 N–H and O–H groups in total. The van der Waals surface area contributed by atoms with Gasteiger partial charge < -0.3 is 14.8 Å². The molecule has 0 bridgehead atoms. The summed E-state index contributed by atoms with van der Waals surface area (Å²) in [6.45, 7) is 4.25. The van der Waals surface area contributed by atoms with Crippen LogP contribution in [0.3, 0.4) is 0 Å². The number of nitro groups is 1. The number of methoxy groups -OCH3 is 2. The van der Waals surface area contributed by atoms with Crippen molar-refractivity contribution in [3.05, 3.63) is 27.8 Å². The van der Waals surface area contributed by atoms with Gasteiger partial charge in [-0.15, -0.1) is 0 Å². The summed E-state index contributed by atoms with van der Waals surface area (Å²) >= 11 is 0. The molecule has 0 aliphatic heterocycles. The molecule has 0 saturated heterocycles. The van der Waals surface area contributed by atoms with E-state index in [-0.39, 0.29) is 17.5 Å². The average molecular weight is 310 g/mol. The summed E-state index contributed by atoms with van der Waals surface area (Å²) in [6.07, 6.45) is 0.786. The Morgan fingerprint density at radius 1 is 1.27 bits per heavy atom. The number of carbonyl (C=O) groups excluding carboxylic acids is 1. The predicted molar refractivity (Wildman–Crippen MR) is 82.4 cm³/mol. The maximum Gasteiger partial charge on any atom is 0.276 e. The first kappa shape index (κ1) is 17.7. The molecule has 0 radical (unpaired) electrons. The quantitative estimate of drug-likeness (QED) is 0.588. The largest absolute Gasteiger partial charge is 0.493 e. The summed E-state index contributed by atoms with van der Waals surface area (Å²) in [6, 6.07) is 2.91. The van der Waals surface area contributed by atoms with Crippen LogP contribution in [0, 0.1) is 16.0 Å². The number of hydrogen-bond acceptors (Lipinski definition) is 5. The molecule has 0 unspecified atom stereocenters. The summed E-state index contributed by atoms with van der Waals surface area (Å²) in [5, 5.41) is 13.9.